The Morgan fingerprint density at radius 3 is 2.85 bits per heavy atom. The average molecular weight is 394 g/mol. The molecule has 2 aromatic rings. The summed E-state index contributed by atoms with van der Waals surface area (Å²) in [4.78, 5) is 14.1. The van der Waals surface area contributed by atoms with Gasteiger partial charge in [0, 0.05) is 37.1 Å². The summed E-state index contributed by atoms with van der Waals surface area (Å²) in [6.07, 6.45) is 1.80. The van der Waals surface area contributed by atoms with E-state index in [1.165, 1.54) is 29.5 Å². The summed E-state index contributed by atoms with van der Waals surface area (Å²) in [6.45, 7) is 4.01. The van der Waals surface area contributed by atoms with Gasteiger partial charge in [0.2, 0.25) is 15.9 Å². The third kappa shape index (κ3) is 4.63. The molecule has 3 rings (SSSR count). The van der Waals surface area contributed by atoms with E-state index < -0.39 is 10.0 Å². The smallest absolute Gasteiger partial charge is 0.250 e. The molecular weight excluding hydrogens is 370 g/mol. The number of fused-ring (bicyclic) bond motifs is 1. The van der Waals surface area contributed by atoms with Crippen molar-refractivity contribution in [3.05, 3.63) is 46.8 Å². The van der Waals surface area contributed by atoms with Gasteiger partial charge in [-0.15, -0.1) is 11.3 Å². The topological polar surface area (TPSA) is 78.5 Å². The minimum absolute atomic E-state index is 0.135. The van der Waals surface area contributed by atoms with Crippen molar-refractivity contribution in [3.63, 3.8) is 0 Å². The first kappa shape index (κ1) is 18.9. The van der Waals surface area contributed by atoms with E-state index in [-0.39, 0.29) is 10.1 Å². The number of carbonyl (C=O) groups is 1. The molecule has 2 heterocycles. The molecule has 0 radical (unpaired) electrons. The highest BCUT2D eigenvalue weighted by Crippen LogP contribution is 2.27. The van der Waals surface area contributed by atoms with Crippen LogP contribution in [0, 0.1) is 0 Å². The van der Waals surface area contributed by atoms with Crippen molar-refractivity contribution in [3.8, 4) is 0 Å². The molecule has 1 amide bonds. The summed E-state index contributed by atoms with van der Waals surface area (Å²) in [7, 11) is -3.50. The number of benzene rings is 1. The molecule has 1 aromatic heterocycles. The number of rotatable bonds is 8. The molecule has 2 N–H and O–H groups in total. The van der Waals surface area contributed by atoms with Crippen LogP contribution in [0.4, 0.5) is 5.69 Å². The van der Waals surface area contributed by atoms with E-state index in [1.54, 1.807) is 12.1 Å². The van der Waals surface area contributed by atoms with Crippen molar-refractivity contribution >= 4 is 33.0 Å². The monoisotopic (exact) mass is 393 g/mol. The molecule has 1 aromatic carbocycles. The van der Waals surface area contributed by atoms with E-state index in [1.807, 2.05) is 6.07 Å². The van der Waals surface area contributed by atoms with Crippen LogP contribution in [-0.4, -0.2) is 34.0 Å². The van der Waals surface area contributed by atoms with E-state index in [2.05, 4.69) is 33.1 Å². The van der Waals surface area contributed by atoms with E-state index in [9.17, 15) is 13.2 Å². The maximum absolute atomic E-state index is 12.4. The minimum Gasteiger partial charge on any atom is -0.371 e. The fourth-order valence-corrected chi connectivity index (χ4v) is 5.41. The van der Waals surface area contributed by atoms with Gasteiger partial charge in [-0.2, -0.15) is 0 Å². The first-order chi connectivity index (χ1) is 12.5. The van der Waals surface area contributed by atoms with E-state index in [0.29, 0.717) is 13.1 Å². The molecule has 8 heteroatoms. The van der Waals surface area contributed by atoms with Gasteiger partial charge in [0.1, 0.15) is 4.21 Å². The summed E-state index contributed by atoms with van der Waals surface area (Å²) < 4.78 is 27.7. The number of thiophene rings is 1. The van der Waals surface area contributed by atoms with Crippen molar-refractivity contribution in [2.45, 2.75) is 30.5 Å². The van der Waals surface area contributed by atoms with Crippen LogP contribution in [0.3, 0.4) is 0 Å². The van der Waals surface area contributed by atoms with Gasteiger partial charge in [-0.05, 0) is 36.6 Å². The molecule has 26 heavy (non-hydrogen) atoms. The summed E-state index contributed by atoms with van der Waals surface area (Å²) in [5, 5.41) is 2.67. The number of amides is 1. The molecule has 0 saturated heterocycles. The van der Waals surface area contributed by atoms with Gasteiger partial charge in [0.15, 0.2) is 0 Å². The second kappa shape index (κ2) is 8.20. The maximum Gasteiger partial charge on any atom is 0.250 e. The molecule has 0 fully saturated rings. The van der Waals surface area contributed by atoms with Crippen LogP contribution < -0.4 is 14.9 Å². The number of anilines is 1. The van der Waals surface area contributed by atoms with Gasteiger partial charge in [0.25, 0.3) is 0 Å². The largest absolute Gasteiger partial charge is 0.371 e. The molecular formula is C18H23N3O3S2. The van der Waals surface area contributed by atoms with Gasteiger partial charge < -0.3 is 10.2 Å². The molecule has 0 bridgehead atoms. The predicted octanol–water partition coefficient (Wildman–Crippen LogP) is 2.12. The maximum atomic E-state index is 12.4. The summed E-state index contributed by atoms with van der Waals surface area (Å²) >= 11 is 1.18. The van der Waals surface area contributed by atoms with Gasteiger partial charge in [-0.3, -0.25) is 4.79 Å². The Morgan fingerprint density at radius 1 is 1.23 bits per heavy atom. The predicted molar refractivity (Wildman–Crippen MR) is 104 cm³/mol. The highest BCUT2D eigenvalue weighted by Gasteiger charge is 2.19. The van der Waals surface area contributed by atoms with Gasteiger partial charge in [-0.25, -0.2) is 13.1 Å². The van der Waals surface area contributed by atoms with Crippen LogP contribution in [0.2, 0.25) is 0 Å². The van der Waals surface area contributed by atoms with E-state index in [0.717, 1.165) is 30.8 Å². The molecule has 0 aliphatic carbocycles. The lowest BCUT2D eigenvalue weighted by atomic mass is 10.2. The Bertz CT molecular complexity index is 877. The Kier molecular flexibility index (Phi) is 5.95. The number of nitrogens with one attached hydrogen (secondary N) is 2. The van der Waals surface area contributed by atoms with Gasteiger partial charge in [-0.1, -0.05) is 18.2 Å². The van der Waals surface area contributed by atoms with Crippen molar-refractivity contribution in [1.82, 2.24) is 10.0 Å². The summed E-state index contributed by atoms with van der Waals surface area (Å²) in [5.74, 6) is -0.135. The highest BCUT2D eigenvalue weighted by molar-refractivity contribution is 7.91. The number of para-hydroxylation sites is 1. The quantitative estimate of drug-likeness (QED) is 0.674. The van der Waals surface area contributed by atoms with E-state index in [4.69, 9.17) is 0 Å². The molecule has 0 spiro atoms. The van der Waals surface area contributed by atoms with Crippen LogP contribution in [0.25, 0.3) is 0 Å². The lowest BCUT2D eigenvalue weighted by Gasteiger charge is -2.19. The van der Waals surface area contributed by atoms with Crippen LogP contribution in [0.5, 0.6) is 0 Å². The average Bonchev–Trinajstić information content (AvgIpc) is 3.25. The zero-order chi connectivity index (χ0) is 18.6. The molecule has 0 saturated carbocycles. The second-order valence-corrected chi connectivity index (χ2v) is 9.41. The number of hydrogen-bond donors (Lipinski definition) is 2. The molecule has 0 atom stereocenters. The molecule has 6 nitrogen and oxygen atoms in total. The number of hydrogen-bond acceptors (Lipinski definition) is 5. The van der Waals surface area contributed by atoms with Crippen LogP contribution in [0.1, 0.15) is 23.8 Å². The molecule has 0 unspecified atom stereocenters. The van der Waals surface area contributed by atoms with Crippen molar-refractivity contribution < 1.29 is 13.2 Å². The first-order valence-corrected chi connectivity index (χ1v) is 10.9. The number of sulfonamides is 1. The fraction of sp³-hybridized carbons (Fsp3) is 0.389. The van der Waals surface area contributed by atoms with Crippen LogP contribution in [-0.2, 0) is 27.8 Å². The Hall–Kier alpha value is -1.90. The third-order valence-corrected chi connectivity index (χ3v) is 7.33. The Labute approximate surface area is 158 Å². The second-order valence-electron chi connectivity index (χ2n) is 6.25. The SMILES string of the molecule is CC(=O)NCc1ccc(S(=O)(=O)NCCCN2CCc3ccccc32)s1. The fourth-order valence-electron chi connectivity index (χ4n) is 3.00. The lowest BCUT2D eigenvalue weighted by Crippen LogP contribution is -2.28. The van der Waals surface area contributed by atoms with Crippen molar-refractivity contribution in [2.75, 3.05) is 24.5 Å². The van der Waals surface area contributed by atoms with Gasteiger partial charge in [0.05, 0.1) is 6.54 Å². The normalized spacial score (nSPS) is 13.7. The summed E-state index contributed by atoms with van der Waals surface area (Å²) in [6, 6.07) is 11.7. The minimum atomic E-state index is -3.50. The number of carbonyl (C=O) groups excluding carboxylic acids is 1. The Morgan fingerprint density at radius 2 is 2.04 bits per heavy atom. The zero-order valence-corrected chi connectivity index (χ0v) is 16.3. The highest BCUT2D eigenvalue weighted by atomic mass is 32.2. The molecule has 140 valence electrons. The lowest BCUT2D eigenvalue weighted by molar-refractivity contribution is -0.119. The van der Waals surface area contributed by atoms with Gasteiger partial charge >= 0.3 is 0 Å². The first-order valence-electron chi connectivity index (χ1n) is 8.61. The summed E-state index contributed by atoms with van der Waals surface area (Å²) in [5.41, 5.74) is 2.62. The van der Waals surface area contributed by atoms with Crippen molar-refractivity contribution in [1.29, 1.82) is 0 Å². The van der Waals surface area contributed by atoms with E-state index >= 15 is 0 Å². The van der Waals surface area contributed by atoms with Crippen LogP contribution >= 0.6 is 11.3 Å². The van der Waals surface area contributed by atoms with Crippen LogP contribution in [0.15, 0.2) is 40.6 Å². The third-order valence-electron chi connectivity index (χ3n) is 4.29. The Balaban J connectivity index is 1.48. The number of nitrogens with zero attached hydrogens (tertiary/aromatic N) is 1. The standard InChI is InChI=1S/C18H23N3O3S2/c1-14(22)19-13-16-7-8-18(25-16)26(23,24)20-10-4-11-21-12-9-15-5-2-3-6-17(15)21/h2-3,5-8,20H,4,9-13H2,1H3,(H,19,22). The van der Waals surface area contributed by atoms with Crippen molar-refractivity contribution in [2.24, 2.45) is 0 Å². The zero-order valence-electron chi connectivity index (χ0n) is 14.7. The molecule has 1 aliphatic heterocycles. The molecule has 1 aliphatic rings.